The van der Waals surface area contributed by atoms with E-state index in [1.807, 2.05) is 0 Å². The molecule has 0 saturated carbocycles. The number of nitrogens with two attached hydrogens (primary N) is 1. The van der Waals surface area contributed by atoms with Crippen LogP contribution in [0.4, 0.5) is 0 Å². The molecule has 4 N–H and O–H groups in total. The van der Waals surface area contributed by atoms with Gasteiger partial charge in [0.1, 0.15) is 0 Å². The fourth-order valence-corrected chi connectivity index (χ4v) is 0.488. The minimum Gasteiger partial charge on any atom is -0.478 e. The SMILES string of the molecule is CCC[C@@](N)(O)C(=O)O. The minimum absolute atomic E-state index is 0.0856. The van der Waals surface area contributed by atoms with E-state index in [-0.39, 0.29) is 6.42 Å². The molecular formula is C5H11NO3. The van der Waals surface area contributed by atoms with E-state index in [0.717, 1.165) is 0 Å². The molecule has 0 unspecified atom stereocenters. The molecule has 4 nitrogen and oxygen atoms in total. The maximum absolute atomic E-state index is 10.0. The third kappa shape index (κ3) is 2.43. The van der Waals surface area contributed by atoms with Gasteiger partial charge in [0, 0.05) is 6.42 Å². The number of aliphatic carboxylic acids is 1. The van der Waals surface area contributed by atoms with Crippen molar-refractivity contribution in [1.82, 2.24) is 0 Å². The molecule has 0 aromatic rings. The van der Waals surface area contributed by atoms with E-state index in [4.69, 9.17) is 15.9 Å². The molecule has 4 heteroatoms. The van der Waals surface area contributed by atoms with Crippen LogP contribution in [-0.4, -0.2) is 21.9 Å². The van der Waals surface area contributed by atoms with Crippen LogP contribution < -0.4 is 5.73 Å². The molecule has 0 rings (SSSR count). The third-order valence-corrected chi connectivity index (χ3v) is 1.00. The zero-order valence-electron chi connectivity index (χ0n) is 5.29. The third-order valence-electron chi connectivity index (χ3n) is 1.00. The summed E-state index contributed by atoms with van der Waals surface area (Å²) in [5.74, 6) is -1.37. The summed E-state index contributed by atoms with van der Waals surface area (Å²) >= 11 is 0. The Kier molecular flexibility index (Phi) is 2.61. The van der Waals surface area contributed by atoms with Crippen LogP contribution in [0.5, 0.6) is 0 Å². The van der Waals surface area contributed by atoms with Crippen LogP contribution >= 0.6 is 0 Å². The van der Waals surface area contributed by atoms with Crippen LogP contribution in [0.3, 0.4) is 0 Å². The number of aliphatic hydroxyl groups is 1. The normalized spacial score (nSPS) is 16.8. The molecule has 0 aliphatic carbocycles. The Morgan fingerprint density at radius 1 is 1.78 bits per heavy atom. The van der Waals surface area contributed by atoms with Gasteiger partial charge < -0.3 is 10.2 Å². The standard InChI is InChI=1S/C5H11NO3/c1-2-3-5(6,9)4(7)8/h9H,2-3,6H2,1H3,(H,7,8)/t5-/m1/s1. The minimum atomic E-state index is -2.03. The molecule has 9 heavy (non-hydrogen) atoms. The van der Waals surface area contributed by atoms with E-state index >= 15 is 0 Å². The lowest BCUT2D eigenvalue weighted by atomic mass is 10.1. The molecular weight excluding hydrogens is 122 g/mol. The fourth-order valence-electron chi connectivity index (χ4n) is 0.488. The van der Waals surface area contributed by atoms with Gasteiger partial charge in [-0.2, -0.15) is 0 Å². The highest BCUT2D eigenvalue weighted by atomic mass is 16.4. The lowest BCUT2D eigenvalue weighted by Gasteiger charge is -2.15. The Balaban J connectivity index is 3.85. The van der Waals surface area contributed by atoms with Gasteiger partial charge in [-0.15, -0.1) is 0 Å². The number of hydrogen-bond acceptors (Lipinski definition) is 3. The first-order chi connectivity index (χ1) is 4.00. The topological polar surface area (TPSA) is 83.5 Å². The molecule has 0 aliphatic heterocycles. The monoisotopic (exact) mass is 133 g/mol. The van der Waals surface area contributed by atoms with Crippen molar-refractivity contribution in [2.75, 3.05) is 0 Å². The first-order valence-corrected chi connectivity index (χ1v) is 2.75. The summed E-state index contributed by atoms with van der Waals surface area (Å²) < 4.78 is 0. The molecule has 0 aromatic heterocycles. The molecule has 0 amide bonds. The highest BCUT2D eigenvalue weighted by Gasteiger charge is 2.28. The maximum Gasteiger partial charge on any atom is 0.350 e. The molecule has 0 fully saturated rings. The van der Waals surface area contributed by atoms with Gasteiger partial charge >= 0.3 is 5.97 Å². The van der Waals surface area contributed by atoms with Gasteiger partial charge in [0.2, 0.25) is 5.72 Å². The number of hydrogen-bond donors (Lipinski definition) is 3. The summed E-state index contributed by atoms with van der Waals surface area (Å²) in [6.07, 6.45) is 0.641. The van der Waals surface area contributed by atoms with Crippen molar-refractivity contribution >= 4 is 5.97 Å². The molecule has 54 valence electrons. The van der Waals surface area contributed by atoms with Crippen LogP contribution in [-0.2, 0) is 4.79 Å². The van der Waals surface area contributed by atoms with Crippen molar-refractivity contribution < 1.29 is 15.0 Å². The summed E-state index contributed by atoms with van der Waals surface area (Å²) in [4.78, 5) is 10.0. The molecule has 0 radical (unpaired) electrons. The summed E-state index contributed by atoms with van der Waals surface area (Å²) in [7, 11) is 0. The van der Waals surface area contributed by atoms with Gasteiger partial charge in [-0.05, 0) is 0 Å². The number of carboxylic acids is 1. The van der Waals surface area contributed by atoms with Crippen molar-refractivity contribution in [1.29, 1.82) is 0 Å². The van der Waals surface area contributed by atoms with Crippen molar-refractivity contribution in [2.45, 2.75) is 25.5 Å². The first kappa shape index (κ1) is 8.39. The molecule has 0 spiro atoms. The Morgan fingerprint density at radius 2 is 2.22 bits per heavy atom. The quantitative estimate of drug-likeness (QED) is 0.454. The highest BCUT2D eigenvalue weighted by molar-refractivity contribution is 5.75. The predicted octanol–water partition coefficient (Wildman–Crippen LogP) is -0.482. The Labute approximate surface area is 53.3 Å². The second-order valence-corrected chi connectivity index (χ2v) is 1.98. The van der Waals surface area contributed by atoms with E-state index in [1.165, 1.54) is 0 Å². The van der Waals surface area contributed by atoms with Gasteiger partial charge in [0.05, 0.1) is 0 Å². The lowest BCUT2D eigenvalue weighted by molar-refractivity contribution is -0.158. The van der Waals surface area contributed by atoms with Crippen molar-refractivity contribution in [3.05, 3.63) is 0 Å². The molecule has 0 heterocycles. The van der Waals surface area contributed by atoms with Crippen LogP contribution in [0, 0.1) is 0 Å². The number of carbonyl (C=O) groups is 1. The van der Waals surface area contributed by atoms with Crippen molar-refractivity contribution in [3.8, 4) is 0 Å². The zero-order chi connectivity index (χ0) is 7.49. The van der Waals surface area contributed by atoms with Gasteiger partial charge in [-0.3, -0.25) is 5.73 Å². The van der Waals surface area contributed by atoms with Crippen LogP contribution in [0.1, 0.15) is 19.8 Å². The number of carboxylic acid groups (broad SMARTS) is 1. The van der Waals surface area contributed by atoms with Gasteiger partial charge in [-0.25, -0.2) is 4.79 Å². The van der Waals surface area contributed by atoms with E-state index < -0.39 is 11.7 Å². The van der Waals surface area contributed by atoms with Crippen LogP contribution in [0.2, 0.25) is 0 Å². The Hall–Kier alpha value is -0.610. The second kappa shape index (κ2) is 2.80. The smallest absolute Gasteiger partial charge is 0.350 e. The summed E-state index contributed by atoms with van der Waals surface area (Å²) in [6.45, 7) is 1.75. The van der Waals surface area contributed by atoms with E-state index in [0.29, 0.717) is 6.42 Å². The zero-order valence-corrected chi connectivity index (χ0v) is 5.29. The Morgan fingerprint density at radius 3 is 2.33 bits per heavy atom. The molecule has 1 atom stereocenters. The van der Waals surface area contributed by atoms with Gasteiger partial charge in [0.25, 0.3) is 0 Å². The van der Waals surface area contributed by atoms with Crippen LogP contribution in [0.15, 0.2) is 0 Å². The fraction of sp³-hybridized carbons (Fsp3) is 0.800. The summed E-state index contributed by atoms with van der Waals surface area (Å²) in [5.41, 5.74) is 2.89. The molecule has 0 bridgehead atoms. The average molecular weight is 133 g/mol. The molecule has 0 aliphatic rings. The van der Waals surface area contributed by atoms with Gasteiger partial charge in [-0.1, -0.05) is 13.3 Å². The van der Waals surface area contributed by atoms with Gasteiger partial charge in [0.15, 0.2) is 0 Å². The lowest BCUT2D eigenvalue weighted by Crippen LogP contribution is -2.47. The van der Waals surface area contributed by atoms with E-state index in [1.54, 1.807) is 6.92 Å². The number of rotatable bonds is 3. The van der Waals surface area contributed by atoms with Crippen molar-refractivity contribution in [3.63, 3.8) is 0 Å². The van der Waals surface area contributed by atoms with E-state index in [2.05, 4.69) is 0 Å². The average Bonchev–Trinajstić information content (AvgIpc) is 1.65. The molecule has 0 aromatic carbocycles. The van der Waals surface area contributed by atoms with E-state index in [9.17, 15) is 4.79 Å². The largest absolute Gasteiger partial charge is 0.478 e. The second-order valence-electron chi connectivity index (χ2n) is 1.98. The maximum atomic E-state index is 10.0. The predicted molar refractivity (Wildman–Crippen MR) is 31.7 cm³/mol. The summed E-state index contributed by atoms with van der Waals surface area (Å²) in [5, 5.41) is 17.0. The van der Waals surface area contributed by atoms with Crippen LogP contribution in [0.25, 0.3) is 0 Å². The summed E-state index contributed by atoms with van der Waals surface area (Å²) in [6, 6.07) is 0. The first-order valence-electron chi connectivity index (χ1n) is 2.75. The van der Waals surface area contributed by atoms with Crippen molar-refractivity contribution in [2.24, 2.45) is 5.73 Å². The molecule has 0 saturated heterocycles. The Bertz CT molecular complexity index is 111. The highest BCUT2D eigenvalue weighted by Crippen LogP contribution is 2.03.